The van der Waals surface area contributed by atoms with Gasteiger partial charge >= 0.3 is 0 Å². The van der Waals surface area contributed by atoms with Crippen LogP contribution < -0.4 is 5.32 Å². The molecule has 0 unspecified atom stereocenters. The first kappa shape index (κ1) is 17.2. The van der Waals surface area contributed by atoms with E-state index in [4.69, 9.17) is 0 Å². The smallest absolute Gasteiger partial charge is 0.123 e. The second-order valence-corrected chi connectivity index (χ2v) is 7.04. The van der Waals surface area contributed by atoms with Gasteiger partial charge in [-0.25, -0.2) is 4.39 Å². The zero-order valence-electron chi connectivity index (χ0n) is 14.7. The quantitative estimate of drug-likeness (QED) is 0.845. The highest BCUT2D eigenvalue weighted by molar-refractivity contribution is 5.66. The standard InChI is InChI=1S/C20H28FN3/c1-24(2)13-3-4-17-14-23-20(16-5-7-18(21)8-6-16)19(17)15-9-11-22-12-10-15/h5-8,14-15,22-23H,3-4,9-13H2,1-2H3. The predicted octanol–water partition coefficient (Wildman–Crippen LogP) is 3.78. The summed E-state index contributed by atoms with van der Waals surface area (Å²) in [6.45, 7) is 3.26. The molecular weight excluding hydrogens is 301 g/mol. The summed E-state index contributed by atoms with van der Waals surface area (Å²) in [5.74, 6) is 0.409. The van der Waals surface area contributed by atoms with Gasteiger partial charge < -0.3 is 15.2 Å². The lowest BCUT2D eigenvalue weighted by Crippen LogP contribution is -2.27. The zero-order chi connectivity index (χ0) is 16.9. The van der Waals surface area contributed by atoms with Crippen LogP contribution >= 0.6 is 0 Å². The number of piperidine rings is 1. The number of halogens is 1. The summed E-state index contributed by atoms with van der Waals surface area (Å²) in [4.78, 5) is 5.72. The van der Waals surface area contributed by atoms with E-state index in [2.05, 4.69) is 35.5 Å². The summed E-state index contributed by atoms with van der Waals surface area (Å²) in [5, 5.41) is 3.45. The van der Waals surface area contributed by atoms with Crippen molar-refractivity contribution in [2.45, 2.75) is 31.6 Å². The summed E-state index contributed by atoms with van der Waals surface area (Å²) >= 11 is 0. The topological polar surface area (TPSA) is 31.1 Å². The fourth-order valence-electron chi connectivity index (χ4n) is 3.70. The van der Waals surface area contributed by atoms with Crippen molar-refractivity contribution in [3.05, 3.63) is 47.4 Å². The highest BCUT2D eigenvalue weighted by Crippen LogP contribution is 2.36. The zero-order valence-corrected chi connectivity index (χ0v) is 14.7. The fraction of sp³-hybridized carbons (Fsp3) is 0.500. The Balaban J connectivity index is 1.89. The van der Waals surface area contributed by atoms with Gasteiger partial charge in [0.15, 0.2) is 0 Å². The Bertz CT molecular complexity index is 639. The molecule has 2 N–H and O–H groups in total. The number of aromatic nitrogens is 1. The molecule has 0 radical (unpaired) electrons. The molecule has 1 aromatic carbocycles. The maximum atomic E-state index is 13.3. The van der Waals surface area contributed by atoms with Crippen LogP contribution in [0.1, 0.15) is 36.3 Å². The Morgan fingerprint density at radius 3 is 2.50 bits per heavy atom. The van der Waals surface area contributed by atoms with Gasteiger partial charge in [0.2, 0.25) is 0 Å². The third kappa shape index (κ3) is 4.05. The molecule has 4 heteroatoms. The van der Waals surface area contributed by atoms with Crippen LogP contribution in [0.5, 0.6) is 0 Å². The Kier molecular flexibility index (Phi) is 5.69. The van der Waals surface area contributed by atoms with Gasteiger partial charge in [0.1, 0.15) is 5.82 Å². The maximum absolute atomic E-state index is 13.3. The molecule has 0 spiro atoms. The maximum Gasteiger partial charge on any atom is 0.123 e. The Morgan fingerprint density at radius 1 is 1.12 bits per heavy atom. The van der Waals surface area contributed by atoms with Crippen molar-refractivity contribution in [1.29, 1.82) is 0 Å². The van der Waals surface area contributed by atoms with E-state index in [1.54, 1.807) is 12.1 Å². The third-order valence-corrected chi connectivity index (χ3v) is 4.94. The minimum atomic E-state index is -0.181. The van der Waals surface area contributed by atoms with Gasteiger partial charge in [-0.3, -0.25) is 0 Å². The molecular formula is C20H28FN3. The normalized spacial score (nSPS) is 16.0. The van der Waals surface area contributed by atoms with Crippen LogP contribution in [0.25, 0.3) is 11.3 Å². The van der Waals surface area contributed by atoms with Crippen LogP contribution in [0, 0.1) is 5.82 Å². The van der Waals surface area contributed by atoms with Crippen molar-refractivity contribution in [3.63, 3.8) is 0 Å². The van der Waals surface area contributed by atoms with Gasteiger partial charge in [-0.2, -0.15) is 0 Å². The summed E-state index contributed by atoms with van der Waals surface area (Å²) in [6, 6.07) is 6.87. The van der Waals surface area contributed by atoms with Crippen molar-refractivity contribution >= 4 is 0 Å². The van der Waals surface area contributed by atoms with Crippen molar-refractivity contribution in [3.8, 4) is 11.3 Å². The Morgan fingerprint density at radius 2 is 1.83 bits per heavy atom. The largest absolute Gasteiger partial charge is 0.361 e. The molecule has 2 aromatic rings. The molecule has 3 nitrogen and oxygen atoms in total. The van der Waals surface area contributed by atoms with E-state index in [-0.39, 0.29) is 5.82 Å². The molecule has 2 heterocycles. The molecule has 1 saturated heterocycles. The number of aromatic amines is 1. The lowest BCUT2D eigenvalue weighted by Gasteiger charge is -2.25. The van der Waals surface area contributed by atoms with Crippen LogP contribution in [-0.4, -0.2) is 43.6 Å². The molecule has 1 aliphatic heterocycles. The molecule has 1 aliphatic rings. The van der Waals surface area contributed by atoms with E-state index in [1.165, 1.54) is 29.7 Å². The Labute approximate surface area is 144 Å². The van der Waals surface area contributed by atoms with Gasteiger partial charge in [-0.1, -0.05) is 0 Å². The van der Waals surface area contributed by atoms with Gasteiger partial charge in [-0.15, -0.1) is 0 Å². The van der Waals surface area contributed by atoms with Crippen molar-refractivity contribution in [1.82, 2.24) is 15.2 Å². The van der Waals surface area contributed by atoms with Crippen molar-refractivity contribution in [2.24, 2.45) is 0 Å². The van der Waals surface area contributed by atoms with Gasteiger partial charge in [0.25, 0.3) is 0 Å². The van der Waals surface area contributed by atoms with E-state index in [0.717, 1.165) is 38.0 Å². The second kappa shape index (κ2) is 7.95. The lowest BCUT2D eigenvalue weighted by atomic mass is 9.85. The fourth-order valence-corrected chi connectivity index (χ4v) is 3.70. The molecule has 1 aromatic heterocycles. The highest BCUT2D eigenvalue weighted by Gasteiger charge is 2.23. The molecule has 1 fully saturated rings. The first-order chi connectivity index (χ1) is 11.6. The monoisotopic (exact) mass is 329 g/mol. The number of H-pyrrole nitrogens is 1. The molecule has 0 atom stereocenters. The van der Waals surface area contributed by atoms with Crippen LogP contribution in [-0.2, 0) is 6.42 Å². The Hall–Kier alpha value is -1.65. The number of benzene rings is 1. The minimum Gasteiger partial charge on any atom is -0.361 e. The van der Waals surface area contributed by atoms with Crippen LogP contribution in [0.3, 0.4) is 0 Å². The number of aryl methyl sites for hydroxylation is 1. The van der Waals surface area contributed by atoms with Crippen LogP contribution in [0.4, 0.5) is 4.39 Å². The van der Waals surface area contributed by atoms with Crippen LogP contribution in [0.2, 0.25) is 0 Å². The lowest BCUT2D eigenvalue weighted by molar-refractivity contribution is 0.399. The number of nitrogens with zero attached hydrogens (tertiary/aromatic N) is 1. The predicted molar refractivity (Wildman–Crippen MR) is 97.9 cm³/mol. The van der Waals surface area contributed by atoms with E-state index >= 15 is 0 Å². The number of hydrogen-bond acceptors (Lipinski definition) is 2. The minimum absolute atomic E-state index is 0.181. The second-order valence-electron chi connectivity index (χ2n) is 7.04. The summed E-state index contributed by atoms with van der Waals surface area (Å²) in [6.07, 6.45) is 6.77. The third-order valence-electron chi connectivity index (χ3n) is 4.94. The first-order valence-electron chi connectivity index (χ1n) is 8.96. The average Bonchev–Trinajstić information content (AvgIpc) is 3.00. The SMILES string of the molecule is CN(C)CCCc1c[nH]c(-c2ccc(F)cc2)c1C1CCNCC1. The van der Waals surface area contributed by atoms with Crippen molar-refractivity contribution in [2.75, 3.05) is 33.7 Å². The van der Waals surface area contributed by atoms with Crippen LogP contribution in [0.15, 0.2) is 30.5 Å². The molecule has 0 amide bonds. The molecule has 3 rings (SSSR count). The molecule has 0 saturated carbocycles. The number of rotatable bonds is 6. The average molecular weight is 329 g/mol. The molecule has 130 valence electrons. The van der Waals surface area contributed by atoms with E-state index in [1.807, 2.05) is 12.1 Å². The first-order valence-corrected chi connectivity index (χ1v) is 8.96. The van der Waals surface area contributed by atoms with Gasteiger partial charge in [-0.05, 0) is 106 Å². The summed E-state index contributed by atoms with van der Waals surface area (Å²) in [7, 11) is 4.24. The van der Waals surface area contributed by atoms with Gasteiger partial charge in [0, 0.05) is 11.9 Å². The highest BCUT2D eigenvalue weighted by atomic mass is 19.1. The number of hydrogen-bond donors (Lipinski definition) is 2. The molecule has 24 heavy (non-hydrogen) atoms. The summed E-state index contributed by atoms with van der Waals surface area (Å²) < 4.78 is 13.3. The van der Waals surface area contributed by atoms with E-state index in [0.29, 0.717) is 5.92 Å². The van der Waals surface area contributed by atoms with Crippen molar-refractivity contribution < 1.29 is 4.39 Å². The number of nitrogens with one attached hydrogen (secondary N) is 2. The summed E-state index contributed by atoms with van der Waals surface area (Å²) in [5.41, 5.74) is 5.16. The van der Waals surface area contributed by atoms with Gasteiger partial charge in [0.05, 0.1) is 0 Å². The van der Waals surface area contributed by atoms with E-state index in [9.17, 15) is 4.39 Å². The molecule has 0 bridgehead atoms. The van der Waals surface area contributed by atoms with E-state index < -0.39 is 0 Å². The molecule has 0 aliphatic carbocycles.